The molecule has 0 radical (unpaired) electrons. The minimum Gasteiger partial charge on any atom is -0.320 e. The zero-order valence-electron chi connectivity index (χ0n) is 12.3. The van der Waals surface area contributed by atoms with Crippen LogP contribution in [-0.2, 0) is 4.79 Å². The molecule has 0 saturated heterocycles. The second-order valence-corrected chi connectivity index (χ2v) is 9.46. The van der Waals surface area contributed by atoms with Crippen molar-refractivity contribution >= 4 is 87.2 Å². The van der Waals surface area contributed by atoms with E-state index in [4.69, 9.17) is 0 Å². The second-order valence-electron chi connectivity index (χ2n) is 5.49. The smallest absolute Gasteiger partial charge is 0.256 e. The molecule has 3 aromatic rings. The summed E-state index contributed by atoms with van der Waals surface area (Å²) >= 11 is 10.5. The topological polar surface area (TPSA) is 29.1 Å². The summed E-state index contributed by atoms with van der Waals surface area (Å²) in [5.41, 5.74) is 5.06. The average molecular weight is 469 g/mol. The summed E-state index contributed by atoms with van der Waals surface area (Å²) in [4.78, 5) is 13.6. The van der Waals surface area contributed by atoms with Crippen LogP contribution in [0.5, 0.6) is 0 Å². The molecule has 0 saturated carbocycles. The van der Waals surface area contributed by atoms with E-state index in [0.29, 0.717) is 0 Å². The molecule has 0 fully saturated rings. The number of hydrogen-bond acceptors (Lipinski definition) is 3. The fourth-order valence-electron chi connectivity index (χ4n) is 2.87. The summed E-state index contributed by atoms with van der Waals surface area (Å²) < 4.78 is 3.16. The lowest BCUT2D eigenvalue weighted by molar-refractivity contribution is -0.110. The molecule has 1 aliphatic heterocycles. The van der Waals surface area contributed by atoms with Crippen LogP contribution in [-0.4, -0.2) is 5.91 Å². The Labute approximate surface area is 158 Å². The van der Waals surface area contributed by atoms with E-state index in [1.54, 1.807) is 22.7 Å². The number of benzene rings is 1. The van der Waals surface area contributed by atoms with E-state index in [1.807, 2.05) is 18.2 Å². The Balaban J connectivity index is 1.92. The number of nitrogens with one attached hydrogen (secondary N) is 1. The third-order valence-corrected chi connectivity index (χ3v) is 7.54. The van der Waals surface area contributed by atoms with E-state index < -0.39 is 0 Å². The van der Waals surface area contributed by atoms with Gasteiger partial charge in [0.15, 0.2) is 0 Å². The number of thiophene rings is 2. The lowest BCUT2D eigenvalue weighted by Crippen LogP contribution is -2.03. The van der Waals surface area contributed by atoms with Crippen molar-refractivity contribution in [2.45, 2.75) is 13.8 Å². The highest BCUT2D eigenvalue weighted by atomic mass is 79.9. The standard InChI is InChI=1S/C17H11Br2NOS2/c1-7-6-22-17-14(7)8(2)13(23-17)5-11-10-3-9(18)4-12(19)15(10)20-16(11)21/h3-6H,1-2H3,(H,20,21). The highest BCUT2D eigenvalue weighted by Crippen LogP contribution is 2.43. The monoisotopic (exact) mass is 467 g/mol. The first-order chi connectivity index (χ1) is 11.0. The van der Waals surface area contributed by atoms with Crippen LogP contribution in [0.2, 0.25) is 0 Å². The fourth-order valence-corrected chi connectivity index (χ4v) is 6.68. The number of rotatable bonds is 1. The second kappa shape index (κ2) is 5.55. The van der Waals surface area contributed by atoms with Gasteiger partial charge < -0.3 is 5.32 Å². The van der Waals surface area contributed by atoms with E-state index in [0.717, 1.165) is 30.6 Å². The van der Waals surface area contributed by atoms with Crippen LogP contribution < -0.4 is 5.32 Å². The number of anilines is 1. The third-order valence-electron chi connectivity index (χ3n) is 3.99. The molecule has 23 heavy (non-hydrogen) atoms. The molecule has 116 valence electrons. The SMILES string of the molecule is Cc1csc2sc(C=C3C(=O)Nc4c(Br)cc(Br)cc43)c(C)c12. The molecule has 1 aromatic carbocycles. The number of aryl methyl sites for hydroxylation is 2. The van der Waals surface area contributed by atoms with Gasteiger partial charge in [0.25, 0.3) is 5.91 Å². The Hall–Kier alpha value is -0.950. The molecular weight excluding hydrogens is 458 g/mol. The van der Waals surface area contributed by atoms with Gasteiger partial charge in [-0.3, -0.25) is 4.79 Å². The van der Waals surface area contributed by atoms with Gasteiger partial charge in [-0.05, 0) is 64.5 Å². The summed E-state index contributed by atoms with van der Waals surface area (Å²) in [6.45, 7) is 4.27. The van der Waals surface area contributed by atoms with Crippen LogP contribution in [0.15, 0.2) is 26.5 Å². The first-order valence-corrected chi connectivity index (χ1v) is 10.2. The molecule has 2 aromatic heterocycles. The van der Waals surface area contributed by atoms with Gasteiger partial charge in [-0.2, -0.15) is 0 Å². The Morgan fingerprint density at radius 1 is 1.22 bits per heavy atom. The lowest BCUT2D eigenvalue weighted by Gasteiger charge is -2.02. The van der Waals surface area contributed by atoms with Gasteiger partial charge in [0.2, 0.25) is 0 Å². The zero-order chi connectivity index (χ0) is 16.3. The number of amides is 1. The van der Waals surface area contributed by atoms with Crippen LogP contribution in [0.1, 0.15) is 21.6 Å². The first-order valence-electron chi connectivity index (χ1n) is 6.95. The molecule has 0 aliphatic carbocycles. The van der Waals surface area contributed by atoms with Crippen molar-refractivity contribution in [2.24, 2.45) is 0 Å². The van der Waals surface area contributed by atoms with Crippen molar-refractivity contribution < 1.29 is 4.79 Å². The van der Waals surface area contributed by atoms with Crippen molar-refractivity contribution in [1.82, 2.24) is 0 Å². The van der Waals surface area contributed by atoms with Crippen LogP contribution in [0.25, 0.3) is 21.0 Å². The highest BCUT2D eigenvalue weighted by molar-refractivity contribution is 9.11. The summed E-state index contributed by atoms with van der Waals surface area (Å²) in [6.07, 6.45) is 2.02. The molecule has 2 nitrogen and oxygen atoms in total. The zero-order valence-corrected chi connectivity index (χ0v) is 17.1. The van der Waals surface area contributed by atoms with E-state index >= 15 is 0 Å². The fraction of sp³-hybridized carbons (Fsp3) is 0.118. The number of hydrogen-bond donors (Lipinski definition) is 1. The van der Waals surface area contributed by atoms with Gasteiger partial charge in [-0.1, -0.05) is 15.9 Å². The molecule has 6 heteroatoms. The van der Waals surface area contributed by atoms with Crippen molar-refractivity contribution in [1.29, 1.82) is 0 Å². The van der Waals surface area contributed by atoms with Crippen molar-refractivity contribution in [3.8, 4) is 0 Å². The van der Waals surface area contributed by atoms with Gasteiger partial charge in [0, 0.05) is 24.8 Å². The van der Waals surface area contributed by atoms with E-state index in [9.17, 15) is 4.79 Å². The summed E-state index contributed by atoms with van der Waals surface area (Å²) in [6, 6.07) is 3.93. The van der Waals surface area contributed by atoms with Crippen molar-refractivity contribution in [2.75, 3.05) is 5.32 Å². The molecule has 0 unspecified atom stereocenters. The normalized spacial score (nSPS) is 15.5. The Morgan fingerprint density at radius 3 is 2.74 bits per heavy atom. The molecule has 1 aliphatic rings. The largest absolute Gasteiger partial charge is 0.320 e. The Morgan fingerprint density at radius 2 is 2.00 bits per heavy atom. The minimum absolute atomic E-state index is 0.0494. The maximum Gasteiger partial charge on any atom is 0.256 e. The predicted molar refractivity (Wildman–Crippen MR) is 108 cm³/mol. The van der Waals surface area contributed by atoms with E-state index in [2.05, 4.69) is 56.4 Å². The van der Waals surface area contributed by atoms with Gasteiger partial charge in [-0.25, -0.2) is 0 Å². The van der Waals surface area contributed by atoms with E-state index in [1.165, 1.54) is 20.5 Å². The number of fused-ring (bicyclic) bond motifs is 2. The highest BCUT2D eigenvalue weighted by Gasteiger charge is 2.27. The molecule has 0 atom stereocenters. The molecule has 0 bridgehead atoms. The number of carbonyl (C=O) groups is 1. The summed E-state index contributed by atoms with van der Waals surface area (Å²) in [7, 11) is 0. The molecule has 1 amide bonds. The number of carbonyl (C=O) groups excluding carboxylic acids is 1. The molecule has 1 N–H and O–H groups in total. The molecule has 4 rings (SSSR count). The first kappa shape index (κ1) is 15.6. The molecule has 0 spiro atoms. The van der Waals surface area contributed by atoms with Crippen LogP contribution in [0.4, 0.5) is 5.69 Å². The van der Waals surface area contributed by atoms with Crippen LogP contribution in [0.3, 0.4) is 0 Å². The third kappa shape index (κ3) is 2.43. The number of halogens is 2. The maximum atomic E-state index is 12.4. The Bertz CT molecular complexity index is 1010. The summed E-state index contributed by atoms with van der Waals surface area (Å²) in [5.74, 6) is -0.0494. The lowest BCUT2D eigenvalue weighted by atomic mass is 10.0. The van der Waals surface area contributed by atoms with Gasteiger partial charge >= 0.3 is 0 Å². The van der Waals surface area contributed by atoms with Crippen LogP contribution >= 0.6 is 54.5 Å². The van der Waals surface area contributed by atoms with Crippen LogP contribution in [0, 0.1) is 13.8 Å². The predicted octanol–water partition coefficient (Wildman–Crippen LogP) is 6.60. The van der Waals surface area contributed by atoms with E-state index in [-0.39, 0.29) is 5.91 Å². The van der Waals surface area contributed by atoms with Crippen molar-refractivity contribution in [3.63, 3.8) is 0 Å². The minimum atomic E-state index is -0.0494. The summed E-state index contributed by atoms with van der Waals surface area (Å²) in [5, 5.41) is 6.48. The van der Waals surface area contributed by atoms with Gasteiger partial charge in [0.1, 0.15) is 0 Å². The Kier molecular flexibility index (Phi) is 3.76. The molecule has 3 heterocycles. The quantitative estimate of drug-likeness (QED) is 0.400. The van der Waals surface area contributed by atoms with Gasteiger partial charge in [0.05, 0.1) is 15.3 Å². The molecular formula is C17H11Br2NOS2. The maximum absolute atomic E-state index is 12.4. The average Bonchev–Trinajstić information content (AvgIpc) is 3.10. The van der Waals surface area contributed by atoms with Gasteiger partial charge in [-0.15, -0.1) is 22.7 Å². The van der Waals surface area contributed by atoms with Crippen molar-refractivity contribution in [3.05, 3.63) is 48.0 Å².